The number of hydrogen-bond acceptors (Lipinski definition) is 3. The van der Waals surface area contributed by atoms with Crippen molar-refractivity contribution in [1.82, 2.24) is 5.32 Å². The van der Waals surface area contributed by atoms with Crippen molar-refractivity contribution >= 4 is 34.9 Å². The van der Waals surface area contributed by atoms with Gasteiger partial charge in [-0.05, 0) is 50.6 Å². The topological polar surface area (TPSA) is 55.4 Å². The van der Waals surface area contributed by atoms with Crippen LogP contribution < -0.4 is 10.1 Å². The highest BCUT2D eigenvalue weighted by atomic mass is 35.5. The van der Waals surface area contributed by atoms with E-state index in [1.54, 1.807) is 49.4 Å². The van der Waals surface area contributed by atoms with Crippen molar-refractivity contribution < 1.29 is 14.3 Å². The van der Waals surface area contributed by atoms with Crippen LogP contribution in [0.3, 0.4) is 0 Å². The van der Waals surface area contributed by atoms with Crippen molar-refractivity contribution in [2.24, 2.45) is 0 Å². The first-order valence-electron chi connectivity index (χ1n) is 7.81. The molecule has 4 nitrogen and oxygen atoms in total. The maximum absolute atomic E-state index is 12.4. The minimum Gasteiger partial charge on any atom is -0.481 e. The van der Waals surface area contributed by atoms with E-state index in [0.717, 1.165) is 5.56 Å². The first-order chi connectivity index (χ1) is 11.8. The van der Waals surface area contributed by atoms with Crippen LogP contribution in [0.2, 0.25) is 10.0 Å². The Morgan fingerprint density at radius 2 is 1.80 bits per heavy atom. The van der Waals surface area contributed by atoms with Gasteiger partial charge in [-0.3, -0.25) is 9.59 Å². The molecule has 0 saturated carbocycles. The number of carbonyl (C=O) groups is 2. The smallest absolute Gasteiger partial charge is 0.261 e. The largest absolute Gasteiger partial charge is 0.481 e. The molecule has 2 aromatic carbocycles. The van der Waals surface area contributed by atoms with Crippen molar-refractivity contribution in [3.05, 3.63) is 63.6 Å². The van der Waals surface area contributed by atoms with Crippen LogP contribution in [0.4, 0.5) is 0 Å². The number of amides is 1. The summed E-state index contributed by atoms with van der Waals surface area (Å²) in [5.41, 5.74) is 1.30. The lowest BCUT2D eigenvalue weighted by Crippen LogP contribution is -2.37. The van der Waals surface area contributed by atoms with Crippen LogP contribution >= 0.6 is 23.2 Å². The molecule has 6 heteroatoms. The van der Waals surface area contributed by atoms with Crippen molar-refractivity contribution in [3.63, 3.8) is 0 Å². The maximum Gasteiger partial charge on any atom is 0.261 e. The van der Waals surface area contributed by atoms with Crippen LogP contribution in [-0.4, -0.2) is 17.8 Å². The summed E-state index contributed by atoms with van der Waals surface area (Å²) < 4.78 is 5.63. The predicted molar refractivity (Wildman–Crippen MR) is 99.6 cm³/mol. The molecule has 25 heavy (non-hydrogen) atoms. The molecule has 0 aliphatic rings. The van der Waals surface area contributed by atoms with Gasteiger partial charge in [-0.25, -0.2) is 0 Å². The number of rotatable bonds is 6. The average Bonchev–Trinajstić information content (AvgIpc) is 2.54. The lowest BCUT2D eigenvalue weighted by molar-refractivity contribution is -0.127. The number of Topliss-reactive ketones (excluding diaryl/α,β-unsaturated/α-hetero) is 1. The SMILES string of the molecule is CC(=O)c1cccc(OC(C)C(=O)NC(C)c2ccc(Cl)cc2Cl)c1. The Balaban J connectivity index is 2.02. The fraction of sp³-hybridized carbons (Fsp3) is 0.263. The first kappa shape index (κ1) is 19.3. The van der Waals surface area contributed by atoms with E-state index in [2.05, 4.69) is 5.32 Å². The fourth-order valence-electron chi connectivity index (χ4n) is 2.31. The summed E-state index contributed by atoms with van der Waals surface area (Å²) in [4.78, 5) is 23.8. The Hall–Kier alpha value is -2.04. The zero-order valence-electron chi connectivity index (χ0n) is 14.2. The van der Waals surface area contributed by atoms with E-state index in [1.165, 1.54) is 6.92 Å². The second-order valence-corrected chi connectivity index (χ2v) is 6.58. The van der Waals surface area contributed by atoms with Gasteiger partial charge in [0.1, 0.15) is 5.75 Å². The third-order valence-electron chi connectivity index (χ3n) is 3.71. The van der Waals surface area contributed by atoms with Gasteiger partial charge in [0, 0.05) is 15.6 Å². The molecule has 132 valence electrons. The molecule has 0 aromatic heterocycles. The Morgan fingerprint density at radius 1 is 1.08 bits per heavy atom. The van der Waals surface area contributed by atoms with E-state index < -0.39 is 6.10 Å². The Kier molecular flexibility index (Phi) is 6.45. The van der Waals surface area contributed by atoms with Crippen LogP contribution in [0.1, 0.15) is 42.7 Å². The summed E-state index contributed by atoms with van der Waals surface area (Å²) in [7, 11) is 0. The van der Waals surface area contributed by atoms with Gasteiger partial charge in [0.15, 0.2) is 11.9 Å². The standard InChI is InChI=1S/C19H19Cl2NO3/c1-11(17-8-7-15(20)10-18(17)21)22-19(24)13(3)25-16-6-4-5-14(9-16)12(2)23/h4-11,13H,1-3H3,(H,22,24). The van der Waals surface area contributed by atoms with Gasteiger partial charge in [0.05, 0.1) is 6.04 Å². The number of ether oxygens (including phenoxy) is 1. The molecule has 1 amide bonds. The highest BCUT2D eigenvalue weighted by Gasteiger charge is 2.19. The first-order valence-corrected chi connectivity index (χ1v) is 8.56. The third kappa shape index (κ3) is 5.21. The molecule has 0 fully saturated rings. The minimum atomic E-state index is -0.726. The van der Waals surface area contributed by atoms with Gasteiger partial charge in [-0.15, -0.1) is 0 Å². The van der Waals surface area contributed by atoms with Crippen LogP contribution in [0.15, 0.2) is 42.5 Å². The average molecular weight is 380 g/mol. The molecule has 1 N–H and O–H groups in total. The van der Waals surface area contributed by atoms with Gasteiger partial charge >= 0.3 is 0 Å². The number of benzene rings is 2. The van der Waals surface area contributed by atoms with Crippen LogP contribution in [-0.2, 0) is 4.79 Å². The second kappa shape index (κ2) is 8.37. The Morgan fingerprint density at radius 3 is 2.44 bits per heavy atom. The fourth-order valence-corrected chi connectivity index (χ4v) is 2.88. The molecular formula is C19H19Cl2NO3. The molecular weight excluding hydrogens is 361 g/mol. The quantitative estimate of drug-likeness (QED) is 0.730. The van der Waals surface area contributed by atoms with E-state index in [0.29, 0.717) is 21.4 Å². The summed E-state index contributed by atoms with van der Waals surface area (Å²) in [6, 6.07) is 11.6. The number of ketones is 1. The molecule has 2 unspecified atom stereocenters. The molecule has 0 spiro atoms. The summed E-state index contributed by atoms with van der Waals surface area (Å²) >= 11 is 12.1. The van der Waals surface area contributed by atoms with E-state index in [4.69, 9.17) is 27.9 Å². The Labute approximate surface area is 157 Å². The van der Waals surface area contributed by atoms with Gasteiger partial charge in [0.2, 0.25) is 0 Å². The molecule has 0 saturated heterocycles. The predicted octanol–water partition coefficient (Wildman–Crippen LogP) is 4.84. The highest BCUT2D eigenvalue weighted by Crippen LogP contribution is 2.26. The molecule has 2 atom stereocenters. The number of hydrogen-bond donors (Lipinski definition) is 1. The van der Waals surface area contributed by atoms with Crippen LogP contribution in [0.25, 0.3) is 0 Å². The molecule has 0 heterocycles. The number of carbonyl (C=O) groups excluding carboxylic acids is 2. The Bertz CT molecular complexity index is 792. The van der Waals surface area contributed by atoms with Gasteiger partial charge in [-0.2, -0.15) is 0 Å². The van der Waals surface area contributed by atoms with E-state index in [-0.39, 0.29) is 17.7 Å². The molecule has 0 bridgehead atoms. The zero-order chi connectivity index (χ0) is 18.6. The van der Waals surface area contributed by atoms with Crippen molar-refractivity contribution in [2.45, 2.75) is 32.9 Å². The van der Waals surface area contributed by atoms with Crippen LogP contribution in [0, 0.1) is 0 Å². The number of nitrogens with one attached hydrogen (secondary N) is 1. The summed E-state index contributed by atoms with van der Waals surface area (Å²) in [6.07, 6.45) is -0.726. The van der Waals surface area contributed by atoms with Crippen molar-refractivity contribution in [2.75, 3.05) is 0 Å². The normalized spacial score (nSPS) is 13.0. The summed E-state index contributed by atoms with van der Waals surface area (Å²) in [6.45, 7) is 4.95. The number of halogens is 2. The van der Waals surface area contributed by atoms with Gasteiger partial charge in [0.25, 0.3) is 5.91 Å². The molecule has 2 aromatic rings. The van der Waals surface area contributed by atoms with Crippen molar-refractivity contribution in [3.8, 4) is 5.75 Å². The molecule has 0 radical (unpaired) electrons. The maximum atomic E-state index is 12.4. The summed E-state index contributed by atoms with van der Waals surface area (Å²) in [5, 5.41) is 3.88. The lowest BCUT2D eigenvalue weighted by atomic mass is 10.1. The second-order valence-electron chi connectivity index (χ2n) is 5.74. The highest BCUT2D eigenvalue weighted by molar-refractivity contribution is 6.35. The van der Waals surface area contributed by atoms with Gasteiger partial charge < -0.3 is 10.1 Å². The molecule has 2 rings (SSSR count). The third-order valence-corrected chi connectivity index (χ3v) is 4.27. The zero-order valence-corrected chi connectivity index (χ0v) is 15.7. The molecule has 0 aliphatic heterocycles. The monoisotopic (exact) mass is 379 g/mol. The summed E-state index contributed by atoms with van der Waals surface area (Å²) in [5.74, 6) is 0.118. The minimum absolute atomic E-state index is 0.0615. The van der Waals surface area contributed by atoms with E-state index in [9.17, 15) is 9.59 Å². The molecule has 0 aliphatic carbocycles. The van der Waals surface area contributed by atoms with Crippen LogP contribution in [0.5, 0.6) is 5.75 Å². The van der Waals surface area contributed by atoms with Gasteiger partial charge in [-0.1, -0.05) is 41.4 Å². The van der Waals surface area contributed by atoms with E-state index in [1.807, 2.05) is 6.92 Å². The van der Waals surface area contributed by atoms with E-state index >= 15 is 0 Å². The lowest BCUT2D eigenvalue weighted by Gasteiger charge is -2.20. The van der Waals surface area contributed by atoms with Crippen molar-refractivity contribution in [1.29, 1.82) is 0 Å².